The summed E-state index contributed by atoms with van der Waals surface area (Å²) in [5.41, 5.74) is 4.15. The molecule has 1 aromatic heterocycles. The second-order valence-corrected chi connectivity index (χ2v) is 6.76. The van der Waals surface area contributed by atoms with Crippen molar-refractivity contribution in [2.24, 2.45) is 0 Å². The molecule has 126 valence electrons. The summed E-state index contributed by atoms with van der Waals surface area (Å²) >= 11 is 1.69. The third kappa shape index (κ3) is 4.06. The predicted molar refractivity (Wildman–Crippen MR) is 105 cm³/mol. The van der Waals surface area contributed by atoms with Crippen molar-refractivity contribution in [3.05, 3.63) is 77.2 Å². The molecule has 0 unspecified atom stereocenters. The molecule has 0 radical (unpaired) electrons. The maximum Gasteiger partial charge on any atom is 0.333 e. The molecular weight excluding hydrogens is 328 g/mol. The van der Waals surface area contributed by atoms with Crippen molar-refractivity contribution in [3.8, 4) is 21.6 Å². The fourth-order valence-electron chi connectivity index (χ4n) is 2.63. The van der Waals surface area contributed by atoms with E-state index in [9.17, 15) is 4.79 Å². The number of hydrogen-bond donors (Lipinski definition) is 0. The molecule has 0 fully saturated rings. The van der Waals surface area contributed by atoms with E-state index in [1.54, 1.807) is 18.3 Å². The first-order valence-corrected chi connectivity index (χ1v) is 9.10. The maximum absolute atomic E-state index is 11.9. The van der Waals surface area contributed by atoms with Crippen LogP contribution >= 0.6 is 11.3 Å². The second-order valence-electron chi connectivity index (χ2n) is 5.67. The van der Waals surface area contributed by atoms with E-state index in [4.69, 9.17) is 4.74 Å². The van der Waals surface area contributed by atoms with Crippen LogP contribution in [0.25, 0.3) is 27.6 Å². The highest BCUT2D eigenvalue weighted by atomic mass is 32.1. The quantitative estimate of drug-likeness (QED) is 0.414. The fourth-order valence-corrected chi connectivity index (χ4v) is 3.82. The first kappa shape index (κ1) is 17.2. The minimum absolute atomic E-state index is 0.265. The van der Waals surface area contributed by atoms with E-state index in [0.717, 1.165) is 4.88 Å². The molecule has 2 nitrogen and oxygen atoms in total. The average molecular weight is 348 g/mol. The van der Waals surface area contributed by atoms with Crippen LogP contribution in [0.4, 0.5) is 0 Å². The summed E-state index contributed by atoms with van der Waals surface area (Å²) in [7, 11) is 0. The van der Waals surface area contributed by atoms with Crippen LogP contribution in [0, 0.1) is 0 Å². The summed E-state index contributed by atoms with van der Waals surface area (Å²) in [6, 6.07) is 22.8. The van der Waals surface area contributed by atoms with Crippen LogP contribution in [0.3, 0.4) is 0 Å². The molecule has 0 aliphatic heterocycles. The Bertz CT molecular complexity index is 820. The van der Waals surface area contributed by atoms with Crippen LogP contribution in [0.1, 0.15) is 18.7 Å². The zero-order chi connectivity index (χ0) is 17.6. The van der Waals surface area contributed by atoms with E-state index in [0.29, 0.717) is 12.2 Å². The lowest BCUT2D eigenvalue weighted by molar-refractivity contribution is -0.138. The number of hydrogen-bond acceptors (Lipinski definition) is 3. The molecular formula is C22H20O2S. The molecule has 0 saturated heterocycles. The van der Waals surface area contributed by atoms with Gasteiger partial charge in [0, 0.05) is 20.9 Å². The van der Waals surface area contributed by atoms with Gasteiger partial charge in [-0.2, -0.15) is 0 Å². The Morgan fingerprint density at radius 1 is 1.00 bits per heavy atom. The Morgan fingerprint density at radius 3 is 2.20 bits per heavy atom. The lowest BCUT2D eigenvalue weighted by Gasteiger charge is -2.03. The molecule has 0 aliphatic carbocycles. The third-order valence-electron chi connectivity index (χ3n) is 3.83. The van der Waals surface area contributed by atoms with Crippen molar-refractivity contribution in [3.63, 3.8) is 0 Å². The Balaban J connectivity index is 2.07. The van der Waals surface area contributed by atoms with Crippen LogP contribution in [0.2, 0.25) is 0 Å². The topological polar surface area (TPSA) is 26.3 Å². The Kier molecular flexibility index (Phi) is 5.46. The normalized spacial score (nSPS) is 11.4. The van der Waals surface area contributed by atoms with E-state index >= 15 is 0 Å². The Morgan fingerprint density at radius 2 is 1.60 bits per heavy atom. The Labute approximate surface area is 152 Å². The lowest BCUT2D eigenvalue weighted by atomic mass is 10.0. The number of ether oxygens (including phenoxy) is 1. The van der Waals surface area contributed by atoms with E-state index in [2.05, 4.69) is 30.3 Å². The minimum Gasteiger partial charge on any atom is -0.463 e. The molecule has 0 aliphatic rings. The summed E-state index contributed by atoms with van der Waals surface area (Å²) in [6.45, 7) is 4.00. The van der Waals surface area contributed by atoms with Crippen molar-refractivity contribution in [2.75, 3.05) is 6.61 Å². The van der Waals surface area contributed by atoms with Crippen molar-refractivity contribution in [1.82, 2.24) is 0 Å². The van der Waals surface area contributed by atoms with Gasteiger partial charge in [0.05, 0.1) is 6.61 Å². The molecule has 0 spiro atoms. The number of carbonyl (C=O) groups is 1. The summed E-state index contributed by atoms with van der Waals surface area (Å²) < 4.78 is 5.08. The van der Waals surface area contributed by atoms with Gasteiger partial charge in [0.15, 0.2) is 0 Å². The van der Waals surface area contributed by atoms with Crippen LogP contribution in [-0.2, 0) is 9.53 Å². The number of rotatable bonds is 5. The third-order valence-corrected chi connectivity index (χ3v) is 4.96. The van der Waals surface area contributed by atoms with Gasteiger partial charge >= 0.3 is 5.97 Å². The standard InChI is InChI=1S/C22H20O2S/c1-3-24-22(23)16(2)14-19-15-20(17-10-6-4-7-11-17)21(25-19)18-12-8-5-9-13-18/h4-15H,3H2,1-2H3. The summed E-state index contributed by atoms with van der Waals surface area (Å²) in [5, 5.41) is 0. The van der Waals surface area contributed by atoms with E-state index in [-0.39, 0.29) is 5.97 Å². The highest BCUT2D eigenvalue weighted by Crippen LogP contribution is 2.40. The summed E-state index contributed by atoms with van der Waals surface area (Å²) in [6.07, 6.45) is 1.90. The maximum atomic E-state index is 11.9. The van der Waals surface area contributed by atoms with E-state index in [1.165, 1.54) is 21.6 Å². The van der Waals surface area contributed by atoms with Crippen molar-refractivity contribution in [1.29, 1.82) is 0 Å². The SMILES string of the molecule is CCOC(=O)C(C)=Cc1cc(-c2ccccc2)c(-c2ccccc2)s1. The molecule has 0 bridgehead atoms. The van der Waals surface area contributed by atoms with Gasteiger partial charge in [0.2, 0.25) is 0 Å². The number of esters is 1. The first-order valence-electron chi connectivity index (χ1n) is 8.29. The fraction of sp³-hybridized carbons (Fsp3) is 0.136. The Hall–Kier alpha value is -2.65. The molecule has 0 amide bonds. The van der Waals surface area contributed by atoms with Crippen molar-refractivity contribution >= 4 is 23.4 Å². The monoisotopic (exact) mass is 348 g/mol. The molecule has 0 atom stereocenters. The van der Waals surface area contributed by atoms with Crippen LogP contribution in [0.5, 0.6) is 0 Å². The number of benzene rings is 2. The highest BCUT2D eigenvalue weighted by Gasteiger charge is 2.13. The van der Waals surface area contributed by atoms with Crippen molar-refractivity contribution in [2.45, 2.75) is 13.8 Å². The second kappa shape index (κ2) is 7.95. The van der Waals surface area contributed by atoms with Crippen LogP contribution < -0.4 is 0 Å². The van der Waals surface area contributed by atoms with Gasteiger partial charge in [-0.15, -0.1) is 11.3 Å². The average Bonchev–Trinajstić information content (AvgIpc) is 3.07. The summed E-state index contributed by atoms with van der Waals surface area (Å²) in [4.78, 5) is 14.1. The molecule has 0 saturated carbocycles. The highest BCUT2D eigenvalue weighted by molar-refractivity contribution is 7.17. The van der Waals surface area contributed by atoms with Crippen LogP contribution in [0.15, 0.2) is 72.3 Å². The molecule has 3 rings (SSSR count). The first-order chi connectivity index (χ1) is 12.2. The van der Waals surface area contributed by atoms with Gasteiger partial charge in [0.25, 0.3) is 0 Å². The predicted octanol–water partition coefficient (Wildman–Crippen LogP) is 6.05. The largest absolute Gasteiger partial charge is 0.463 e. The van der Waals surface area contributed by atoms with Crippen molar-refractivity contribution < 1.29 is 9.53 Å². The van der Waals surface area contributed by atoms with Gasteiger partial charge in [0.1, 0.15) is 0 Å². The zero-order valence-electron chi connectivity index (χ0n) is 14.4. The van der Waals surface area contributed by atoms with Gasteiger partial charge in [-0.3, -0.25) is 0 Å². The van der Waals surface area contributed by atoms with Crippen LogP contribution in [-0.4, -0.2) is 12.6 Å². The number of thiophene rings is 1. The minimum atomic E-state index is -0.265. The number of carbonyl (C=O) groups excluding carboxylic acids is 1. The molecule has 1 heterocycles. The lowest BCUT2D eigenvalue weighted by Crippen LogP contribution is -2.04. The van der Waals surface area contributed by atoms with Gasteiger partial charge in [-0.25, -0.2) is 4.79 Å². The molecule has 3 aromatic rings. The summed E-state index contributed by atoms with van der Waals surface area (Å²) in [5.74, 6) is -0.265. The molecule has 2 aromatic carbocycles. The zero-order valence-corrected chi connectivity index (χ0v) is 15.2. The van der Waals surface area contributed by atoms with E-state index in [1.807, 2.05) is 49.4 Å². The smallest absolute Gasteiger partial charge is 0.333 e. The van der Waals surface area contributed by atoms with Gasteiger partial charge in [-0.05, 0) is 37.1 Å². The molecule has 3 heteroatoms. The van der Waals surface area contributed by atoms with Gasteiger partial charge in [-0.1, -0.05) is 60.7 Å². The molecule has 0 N–H and O–H groups in total. The van der Waals surface area contributed by atoms with Gasteiger partial charge < -0.3 is 4.74 Å². The molecule has 25 heavy (non-hydrogen) atoms. The van der Waals surface area contributed by atoms with E-state index < -0.39 is 0 Å².